The van der Waals surface area contributed by atoms with Crippen LogP contribution in [0.25, 0.3) is 0 Å². The van der Waals surface area contributed by atoms with Crippen molar-refractivity contribution in [3.63, 3.8) is 0 Å². The van der Waals surface area contributed by atoms with Gasteiger partial charge in [-0.25, -0.2) is 0 Å². The van der Waals surface area contributed by atoms with Crippen LogP contribution in [0, 0.1) is 5.92 Å². The molecule has 0 aliphatic heterocycles. The Bertz CT molecular complexity index is 537. The molecule has 2 aromatic rings. The number of aliphatic hydroxyl groups is 1. The summed E-state index contributed by atoms with van der Waals surface area (Å²) in [5.41, 5.74) is 1.11. The Balaban J connectivity index is 1.81. The molecule has 0 bridgehead atoms. The maximum Gasteiger partial charge on any atom is 0.127 e. The molecule has 0 unspecified atom stereocenters. The quantitative estimate of drug-likeness (QED) is 0.782. The van der Waals surface area contributed by atoms with Gasteiger partial charge >= 0.3 is 0 Å². The van der Waals surface area contributed by atoms with E-state index in [1.54, 1.807) is 0 Å². The van der Waals surface area contributed by atoms with Crippen LogP contribution in [0.3, 0.4) is 0 Å². The molecule has 1 atom stereocenters. The van der Waals surface area contributed by atoms with Gasteiger partial charge in [0.2, 0.25) is 0 Å². The lowest BCUT2D eigenvalue weighted by Crippen LogP contribution is -2.30. The highest BCUT2D eigenvalue weighted by Gasteiger charge is 2.06. The fourth-order valence-corrected chi connectivity index (χ4v) is 2.20. The average molecular weight is 299 g/mol. The first-order valence-corrected chi connectivity index (χ1v) is 7.84. The molecule has 3 nitrogen and oxygen atoms in total. The van der Waals surface area contributed by atoms with Crippen molar-refractivity contribution in [2.75, 3.05) is 13.1 Å². The van der Waals surface area contributed by atoms with E-state index >= 15 is 0 Å². The van der Waals surface area contributed by atoms with Crippen LogP contribution >= 0.6 is 0 Å². The molecule has 2 rings (SSSR count). The average Bonchev–Trinajstić information content (AvgIpc) is 2.50. The molecule has 2 N–H and O–H groups in total. The molecular formula is C19H25NO2. The zero-order valence-corrected chi connectivity index (χ0v) is 13.3. The third-order valence-corrected chi connectivity index (χ3v) is 3.31. The van der Waals surface area contributed by atoms with Crippen molar-refractivity contribution >= 4 is 0 Å². The van der Waals surface area contributed by atoms with Gasteiger partial charge in [-0.15, -0.1) is 0 Å². The van der Waals surface area contributed by atoms with Gasteiger partial charge in [0.25, 0.3) is 0 Å². The molecule has 2 aromatic carbocycles. The number of rotatable bonds is 8. The summed E-state index contributed by atoms with van der Waals surface area (Å²) in [5.74, 6) is 2.23. The zero-order valence-electron chi connectivity index (χ0n) is 13.3. The third kappa shape index (κ3) is 5.88. The smallest absolute Gasteiger partial charge is 0.127 e. The van der Waals surface area contributed by atoms with Gasteiger partial charge in [0.05, 0.1) is 6.10 Å². The standard InChI is InChI=1S/C19H25NO2/c1-15(2)13-20-14-17(21)12-16-8-10-19(11-9-16)22-18-6-4-3-5-7-18/h3-11,15,17,20-21H,12-14H2,1-2H3/t17-/m1/s1. The highest BCUT2D eigenvalue weighted by molar-refractivity contribution is 5.33. The molecule has 22 heavy (non-hydrogen) atoms. The number of hydrogen-bond acceptors (Lipinski definition) is 3. The van der Waals surface area contributed by atoms with Gasteiger partial charge in [-0.1, -0.05) is 44.2 Å². The highest BCUT2D eigenvalue weighted by Crippen LogP contribution is 2.21. The lowest BCUT2D eigenvalue weighted by atomic mass is 10.1. The van der Waals surface area contributed by atoms with Crippen LogP contribution in [0.15, 0.2) is 54.6 Å². The first kappa shape index (κ1) is 16.5. The Hall–Kier alpha value is -1.84. The maximum atomic E-state index is 10.0. The second-order valence-corrected chi connectivity index (χ2v) is 5.97. The largest absolute Gasteiger partial charge is 0.457 e. The lowest BCUT2D eigenvalue weighted by Gasteiger charge is -2.13. The fraction of sp³-hybridized carbons (Fsp3) is 0.368. The van der Waals surface area contributed by atoms with Gasteiger partial charge in [-0.05, 0) is 48.7 Å². The number of aliphatic hydroxyl groups excluding tert-OH is 1. The van der Waals surface area contributed by atoms with E-state index in [1.165, 1.54) is 0 Å². The maximum absolute atomic E-state index is 10.0. The highest BCUT2D eigenvalue weighted by atomic mass is 16.5. The van der Waals surface area contributed by atoms with Crippen molar-refractivity contribution < 1.29 is 9.84 Å². The Morgan fingerprint density at radius 3 is 2.18 bits per heavy atom. The van der Waals surface area contributed by atoms with E-state index in [9.17, 15) is 5.11 Å². The topological polar surface area (TPSA) is 41.5 Å². The lowest BCUT2D eigenvalue weighted by molar-refractivity contribution is 0.170. The van der Waals surface area contributed by atoms with Crippen LogP contribution in [0.5, 0.6) is 11.5 Å². The zero-order chi connectivity index (χ0) is 15.8. The summed E-state index contributed by atoms with van der Waals surface area (Å²) >= 11 is 0. The first-order chi connectivity index (χ1) is 10.6. The van der Waals surface area contributed by atoms with Crippen molar-refractivity contribution in [3.8, 4) is 11.5 Å². The summed E-state index contributed by atoms with van der Waals surface area (Å²) < 4.78 is 5.75. The second kappa shape index (κ2) is 8.57. The first-order valence-electron chi connectivity index (χ1n) is 7.84. The molecule has 0 saturated heterocycles. The minimum absolute atomic E-state index is 0.361. The summed E-state index contributed by atoms with van der Waals surface area (Å²) in [4.78, 5) is 0. The van der Waals surface area contributed by atoms with Crippen LogP contribution in [0.1, 0.15) is 19.4 Å². The number of benzene rings is 2. The van der Waals surface area contributed by atoms with Gasteiger partial charge in [-0.3, -0.25) is 0 Å². The minimum Gasteiger partial charge on any atom is -0.457 e. The monoisotopic (exact) mass is 299 g/mol. The van der Waals surface area contributed by atoms with Gasteiger partial charge in [0.1, 0.15) is 11.5 Å². The Morgan fingerprint density at radius 1 is 0.909 bits per heavy atom. The van der Waals surface area contributed by atoms with Gasteiger partial charge < -0.3 is 15.2 Å². The van der Waals surface area contributed by atoms with E-state index in [0.717, 1.165) is 23.6 Å². The predicted octanol–water partition coefficient (Wildman–Crippen LogP) is 3.63. The Labute approximate surface area is 133 Å². The van der Waals surface area contributed by atoms with Crippen molar-refractivity contribution in [2.24, 2.45) is 5.92 Å². The Morgan fingerprint density at radius 2 is 1.55 bits per heavy atom. The normalized spacial score (nSPS) is 12.4. The molecule has 3 heteroatoms. The van der Waals surface area contributed by atoms with E-state index < -0.39 is 0 Å². The van der Waals surface area contributed by atoms with Crippen LogP contribution < -0.4 is 10.1 Å². The van der Waals surface area contributed by atoms with Crippen molar-refractivity contribution in [1.82, 2.24) is 5.32 Å². The van der Waals surface area contributed by atoms with Crippen LogP contribution in [-0.4, -0.2) is 24.3 Å². The van der Waals surface area contributed by atoms with Crippen molar-refractivity contribution in [3.05, 3.63) is 60.2 Å². The molecule has 0 aromatic heterocycles. The molecule has 0 aliphatic rings. The van der Waals surface area contributed by atoms with E-state index in [2.05, 4.69) is 19.2 Å². The summed E-state index contributed by atoms with van der Waals surface area (Å²) in [7, 11) is 0. The number of hydrogen-bond donors (Lipinski definition) is 2. The molecule has 0 spiro atoms. The van der Waals surface area contributed by atoms with E-state index in [1.807, 2.05) is 54.6 Å². The number of ether oxygens (including phenoxy) is 1. The van der Waals surface area contributed by atoms with E-state index in [-0.39, 0.29) is 6.10 Å². The van der Waals surface area contributed by atoms with Crippen LogP contribution in [0.2, 0.25) is 0 Å². The minimum atomic E-state index is -0.361. The molecule has 0 saturated carbocycles. The summed E-state index contributed by atoms with van der Waals surface area (Å²) in [6, 6.07) is 17.6. The Kier molecular flexibility index (Phi) is 6.44. The number of para-hydroxylation sites is 1. The molecule has 118 valence electrons. The summed E-state index contributed by atoms with van der Waals surface area (Å²) in [5, 5.41) is 13.3. The van der Waals surface area contributed by atoms with Gasteiger partial charge in [0.15, 0.2) is 0 Å². The molecule has 0 radical (unpaired) electrons. The summed E-state index contributed by atoms with van der Waals surface area (Å²) in [6.45, 7) is 5.87. The predicted molar refractivity (Wildman–Crippen MR) is 90.4 cm³/mol. The molecule has 0 aliphatic carbocycles. The van der Waals surface area contributed by atoms with Crippen molar-refractivity contribution in [2.45, 2.75) is 26.4 Å². The molecular weight excluding hydrogens is 274 g/mol. The third-order valence-electron chi connectivity index (χ3n) is 3.31. The fourth-order valence-electron chi connectivity index (χ4n) is 2.20. The van der Waals surface area contributed by atoms with Crippen molar-refractivity contribution in [1.29, 1.82) is 0 Å². The molecule has 0 fully saturated rings. The van der Waals surface area contributed by atoms with Crippen LogP contribution in [0.4, 0.5) is 0 Å². The van der Waals surface area contributed by atoms with Gasteiger partial charge in [-0.2, -0.15) is 0 Å². The van der Waals surface area contributed by atoms with E-state index in [4.69, 9.17) is 4.74 Å². The number of nitrogens with one attached hydrogen (secondary N) is 1. The second-order valence-electron chi connectivity index (χ2n) is 5.97. The molecule has 0 heterocycles. The summed E-state index contributed by atoms with van der Waals surface area (Å²) in [6.07, 6.45) is 0.288. The molecule has 0 amide bonds. The van der Waals surface area contributed by atoms with Gasteiger partial charge in [0, 0.05) is 6.54 Å². The SMILES string of the molecule is CC(C)CNC[C@H](O)Cc1ccc(Oc2ccccc2)cc1. The van der Waals surface area contributed by atoms with E-state index in [0.29, 0.717) is 18.9 Å². The van der Waals surface area contributed by atoms with Crippen LogP contribution in [-0.2, 0) is 6.42 Å².